The highest BCUT2D eigenvalue weighted by Crippen LogP contribution is 2.33. The van der Waals surface area contributed by atoms with Crippen molar-refractivity contribution in [2.45, 2.75) is 26.1 Å². The van der Waals surface area contributed by atoms with Crippen molar-refractivity contribution in [2.75, 3.05) is 13.6 Å². The first-order valence-electron chi connectivity index (χ1n) is 5.26. The molecule has 0 amide bonds. The molecule has 0 aromatic heterocycles. The molecule has 16 heavy (non-hydrogen) atoms. The fraction of sp³-hybridized carbons (Fsp3) is 0.500. The van der Waals surface area contributed by atoms with Gasteiger partial charge in [0, 0.05) is 13.1 Å². The maximum Gasteiger partial charge on any atom is 0.416 e. The summed E-state index contributed by atoms with van der Waals surface area (Å²) < 4.78 is 37.9. The SMILES string of the molecule is Cc1cc(C(F)(F)F)cc2c1CCN(C)C2. The molecule has 0 atom stereocenters. The lowest BCUT2D eigenvalue weighted by molar-refractivity contribution is -0.137. The fourth-order valence-electron chi connectivity index (χ4n) is 2.23. The molecule has 0 saturated carbocycles. The molecule has 0 radical (unpaired) electrons. The number of hydrogen-bond acceptors (Lipinski definition) is 1. The van der Waals surface area contributed by atoms with Gasteiger partial charge in [-0.25, -0.2) is 0 Å². The zero-order chi connectivity index (χ0) is 11.9. The fourth-order valence-corrected chi connectivity index (χ4v) is 2.23. The molecular weight excluding hydrogens is 215 g/mol. The van der Waals surface area contributed by atoms with Crippen molar-refractivity contribution in [1.29, 1.82) is 0 Å². The van der Waals surface area contributed by atoms with Gasteiger partial charge in [-0.2, -0.15) is 13.2 Å². The summed E-state index contributed by atoms with van der Waals surface area (Å²) in [4.78, 5) is 2.04. The Morgan fingerprint density at radius 1 is 1.25 bits per heavy atom. The highest BCUT2D eigenvalue weighted by atomic mass is 19.4. The van der Waals surface area contributed by atoms with Gasteiger partial charge in [-0.1, -0.05) is 0 Å². The van der Waals surface area contributed by atoms with E-state index in [2.05, 4.69) is 0 Å². The summed E-state index contributed by atoms with van der Waals surface area (Å²) in [7, 11) is 1.93. The maximum atomic E-state index is 12.6. The standard InChI is InChI=1S/C12H14F3N/c1-8-5-10(12(13,14)15)6-9-7-16(2)4-3-11(8)9/h5-6H,3-4,7H2,1-2H3. The van der Waals surface area contributed by atoms with Crippen molar-refractivity contribution in [2.24, 2.45) is 0 Å². The number of benzene rings is 1. The molecule has 1 nitrogen and oxygen atoms in total. The summed E-state index contributed by atoms with van der Waals surface area (Å²) in [5.74, 6) is 0. The molecule has 0 spiro atoms. The van der Waals surface area contributed by atoms with Gasteiger partial charge in [-0.15, -0.1) is 0 Å². The van der Waals surface area contributed by atoms with Gasteiger partial charge < -0.3 is 4.90 Å². The van der Waals surface area contributed by atoms with Crippen molar-refractivity contribution in [3.63, 3.8) is 0 Å². The highest BCUT2D eigenvalue weighted by molar-refractivity contribution is 5.41. The molecule has 0 aliphatic carbocycles. The van der Waals surface area contributed by atoms with Gasteiger partial charge in [0.2, 0.25) is 0 Å². The van der Waals surface area contributed by atoms with E-state index in [1.54, 1.807) is 6.92 Å². The van der Waals surface area contributed by atoms with Crippen LogP contribution < -0.4 is 0 Å². The van der Waals surface area contributed by atoms with E-state index in [0.29, 0.717) is 6.54 Å². The Morgan fingerprint density at radius 2 is 1.94 bits per heavy atom. The maximum absolute atomic E-state index is 12.6. The van der Waals surface area contributed by atoms with Crippen molar-refractivity contribution < 1.29 is 13.2 Å². The molecule has 88 valence electrons. The first-order valence-corrected chi connectivity index (χ1v) is 5.26. The van der Waals surface area contributed by atoms with Gasteiger partial charge >= 0.3 is 6.18 Å². The van der Waals surface area contributed by atoms with Gasteiger partial charge in [0.05, 0.1) is 5.56 Å². The third kappa shape index (κ3) is 2.07. The van der Waals surface area contributed by atoms with Crippen LogP contribution in [0.4, 0.5) is 13.2 Å². The molecule has 1 aromatic rings. The molecule has 1 aliphatic heterocycles. The second-order valence-corrected chi connectivity index (χ2v) is 4.42. The second kappa shape index (κ2) is 3.77. The predicted molar refractivity (Wildman–Crippen MR) is 56.2 cm³/mol. The number of likely N-dealkylation sites (N-methyl/N-ethyl adjacent to an activating group) is 1. The number of alkyl halides is 3. The monoisotopic (exact) mass is 229 g/mol. The van der Waals surface area contributed by atoms with Gasteiger partial charge in [-0.05, 0) is 49.2 Å². The van der Waals surface area contributed by atoms with E-state index in [1.807, 2.05) is 11.9 Å². The van der Waals surface area contributed by atoms with Crippen LogP contribution in [0, 0.1) is 6.92 Å². The molecule has 0 unspecified atom stereocenters. The molecule has 0 bridgehead atoms. The normalized spacial score (nSPS) is 17.3. The molecule has 0 saturated heterocycles. The molecule has 1 aromatic carbocycles. The predicted octanol–water partition coefficient (Wildman–Crippen LogP) is 3.00. The van der Waals surface area contributed by atoms with Crippen molar-refractivity contribution >= 4 is 0 Å². The van der Waals surface area contributed by atoms with E-state index < -0.39 is 11.7 Å². The van der Waals surface area contributed by atoms with E-state index in [9.17, 15) is 13.2 Å². The van der Waals surface area contributed by atoms with E-state index in [-0.39, 0.29) is 0 Å². The van der Waals surface area contributed by atoms with Crippen LogP contribution in [0.3, 0.4) is 0 Å². The molecule has 4 heteroatoms. The third-order valence-corrected chi connectivity index (χ3v) is 3.08. The van der Waals surface area contributed by atoms with Crippen LogP contribution in [0.25, 0.3) is 0 Å². The van der Waals surface area contributed by atoms with Crippen LogP contribution in [-0.2, 0) is 19.1 Å². The minimum absolute atomic E-state index is 0.529. The van der Waals surface area contributed by atoms with Gasteiger partial charge in [0.1, 0.15) is 0 Å². The lowest BCUT2D eigenvalue weighted by Crippen LogP contribution is -2.27. The molecular formula is C12H14F3N. The van der Waals surface area contributed by atoms with E-state index in [0.717, 1.165) is 29.7 Å². The van der Waals surface area contributed by atoms with E-state index in [1.165, 1.54) is 12.1 Å². The second-order valence-electron chi connectivity index (χ2n) is 4.42. The van der Waals surface area contributed by atoms with Crippen molar-refractivity contribution in [3.8, 4) is 0 Å². The van der Waals surface area contributed by atoms with Crippen molar-refractivity contribution in [3.05, 3.63) is 34.4 Å². The number of rotatable bonds is 0. The van der Waals surface area contributed by atoms with E-state index in [4.69, 9.17) is 0 Å². The summed E-state index contributed by atoms with van der Waals surface area (Å²) in [6.07, 6.45) is -3.40. The molecule has 0 fully saturated rings. The molecule has 0 N–H and O–H groups in total. The number of nitrogens with zero attached hydrogens (tertiary/aromatic N) is 1. The van der Waals surface area contributed by atoms with Gasteiger partial charge in [-0.3, -0.25) is 0 Å². The molecule has 2 rings (SSSR count). The Balaban J connectivity index is 2.48. The first-order chi connectivity index (χ1) is 7.38. The quantitative estimate of drug-likeness (QED) is 0.661. The first kappa shape index (κ1) is 11.5. The lowest BCUT2D eigenvalue weighted by Gasteiger charge is -2.27. The minimum atomic E-state index is -4.24. The Labute approximate surface area is 92.9 Å². The van der Waals surface area contributed by atoms with E-state index >= 15 is 0 Å². The molecule has 1 heterocycles. The number of fused-ring (bicyclic) bond motifs is 1. The van der Waals surface area contributed by atoms with Crippen LogP contribution >= 0.6 is 0 Å². The van der Waals surface area contributed by atoms with Crippen LogP contribution in [0.5, 0.6) is 0 Å². The highest BCUT2D eigenvalue weighted by Gasteiger charge is 2.32. The van der Waals surface area contributed by atoms with Crippen LogP contribution in [0.1, 0.15) is 22.3 Å². The Kier molecular flexibility index (Phi) is 2.70. The van der Waals surface area contributed by atoms with Gasteiger partial charge in [0.15, 0.2) is 0 Å². The third-order valence-electron chi connectivity index (χ3n) is 3.08. The average Bonchev–Trinajstić information content (AvgIpc) is 2.15. The van der Waals surface area contributed by atoms with Crippen LogP contribution in [0.15, 0.2) is 12.1 Å². The summed E-state index contributed by atoms with van der Waals surface area (Å²) >= 11 is 0. The zero-order valence-electron chi connectivity index (χ0n) is 9.36. The number of halogens is 3. The minimum Gasteiger partial charge on any atom is -0.302 e. The average molecular weight is 229 g/mol. The van der Waals surface area contributed by atoms with Crippen LogP contribution in [-0.4, -0.2) is 18.5 Å². The summed E-state index contributed by atoms with van der Waals surface area (Å²) in [6.45, 7) is 3.29. The Bertz CT molecular complexity index is 409. The smallest absolute Gasteiger partial charge is 0.302 e. The summed E-state index contributed by atoms with van der Waals surface area (Å²) in [6, 6.07) is 2.54. The largest absolute Gasteiger partial charge is 0.416 e. The summed E-state index contributed by atoms with van der Waals surface area (Å²) in [5, 5.41) is 0. The topological polar surface area (TPSA) is 3.24 Å². The number of hydrogen-bond donors (Lipinski definition) is 0. The summed E-state index contributed by atoms with van der Waals surface area (Å²) in [5.41, 5.74) is 2.14. The van der Waals surface area contributed by atoms with Crippen molar-refractivity contribution in [1.82, 2.24) is 4.90 Å². The zero-order valence-corrected chi connectivity index (χ0v) is 9.36. The van der Waals surface area contributed by atoms with Crippen LogP contribution in [0.2, 0.25) is 0 Å². The van der Waals surface area contributed by atoms with Gasteiger partial charge in [0.25, 0.3) is 0 Å². The Hall–Kier alpha value is -1.03. The Morgan fingerprint density at radius 3 is 2.56 bits per heavy atom. The lowest BCUT2D eigenvalue weighted by atomic mass is 9.93. The molecule has 1 aliphatic rings. The number of aryl methyl sites for hydroxylation is 1.